The summed E-state index contributed by atoms with van der Waals surface area (Å²) in [6.45, 7) is 2.34. The van der Waals surface area contributed by atoms with Crippen molar-refractivity contribution in [1.29, 1.82) is 0 Å². The van der Waals surface area contributed by atoms with E-state index in [4.69, 9.17) is 16.3 Å². The van der Waals surface area contributed by atoms with Crippen LogP contribution in [0.2, 0.25) is 5.02 Å². The molecule has 0 saturated heterocycles. The third-order valence-electron chi connectivity index (χ3n) is 2.79. The highest BCUT2D eigenvalue weighted by atomic mass is 35.5. The molecule has 22 heavy (non-hydrogen) atoms. The van der Waals surface area contributed by atoms with Crippen LogP contribution in [0, 0.1) is 0 Å². The number of rotatable bonds is 6. The Kier molecular flexibility index (Phi) is 5.55. The van der Waals surface area contributed by atoms with Gasteiger partial charge in [0.05, 0.1) is 17.3 Å². The zero-order valence-electron chi connectivity index (χ0n) is 12.1. The molecule has 1 aromatic carbocycles. The van der Waals surface area contributed by atoms with Crippen LogP contribution >= 0.6 is 11.6 Å². The number of hydrogen-bond donors (Lipinski definition) is 1. The van der Waals surface area contributed by atoms with Gasteiger partial charge in [0.25, 0.3) is 0 Å². The molecule has 1 aromatic heterocycles. The first-order valence-electron chi connectivity index (χ1n) is 6.84. The number of aromatic nitrogens is 2. The molecule has 0 fully saturated rings. The van der Waals surface area contributed by atoms with Crippen molar-refractivity contribution in [2.75, 3.05) is 11.9 Å². The first kappa shape index (κ1) is 16.0. The zero-order chi connectivity index (χ0) is 15.9. The molecule has 0 unspecified atom stereocenters. The van der Waals surface area contributed by atoms with Crippen LogP contribution in [0.15, 0.2) is 41.5 Å². The van der Waals surface area contributed by atoms with Gasteiger partial charge < -0.3 is 10.1 Å². The van der Waals surface area contributed by atoms with E-state index < -0.39 is 5.69 Å². The minimum atomic E-state index is -0.480. The Labute approximate surface area is 132 Å². The van der Waals surface area contributed by atoms with Crippen molar-refractivity contribution in [2.45, 2.75) is 19.9 Å². The van der Waals surface area contributed by atoms with Crippen molar-refractivity contribution in [1.82, 2.24) is 9.55 Å². The lowest BCUT2D eigenvalue weighted by Crippen LogP contribution is -2.28. The van der Waals surface area contributed by atoms with Crippen molar-refractivity contribution in [3.63, 3.8) is 0 Å². The second-order valence-corrected chi connectivity index (χ2v) is 4.95. The zero-order valence-corrected chi connectivity index (χ0v) is 12.8. The van der Waals surface area contributed by atoms with E-state index in [9.17, 15) is 9.59 Å². The summed E-state index contributed by atoms with van der Waals surface area (Å²) in [5.41, 5.74) is -0.00547. The Morgan fingerprint density at radius 3 is 2.95 bits per heavy atom. The molecule has 0 aliphatic heterocycles. The highest BCUT2D eigenvalue weighted by molar-refractivity contribution is 6.32. The molecule has 0 bridgehead atoms. The van der Waals surface area contributed by atoms with Gasteiger partial charge in [-0.15, -0.1) is 0 Å². The third-order valence-corrected chi connectivity index (χ3v) is 3.09. The average Bonchev–Trinajstić information content (AvgIpc) is 2.49. The van der Waals surface area contributed by atoms with Gasteiger partial charge in [-0.05, 0) is 24.6 Å². The van der Waals surface area contributed by atoms with Crippen molar-refractivity contribution >= 4 is 23.2 Å². The quantitative estimate of drug-likeness (QED) is 0.886. The second-order valence-electron chi connectivity index (χ2n) is 4.54. The minimum absolute atomic E-state index is 0.133. The van der Waals surface area contributed by atoms with Crippen molar-refractivity contribution in [3.05, 3.63) is 52.2 Å². The van der Waals surface area contributed by atoms with Crippen LogP contribution in [0.4, 0.5) is 5.69 Å². The molecule has 0 radical (unpaired) electrons. The summed E-state index contributed by atoms with van der Waals surface area (Å²) in [5, 5.41) is 3.12. The number of nitrogens with zero attached hydrogens (tertiary/aromatic N) is 2. The highest BCUT2D eigenvalue weighted by Gasteiger charge is 2.12. The summed E-state index contributed by atoms with van der Waals surface area (Å²) in [7, 11) is 0. The second kappa shape index (κ2) is 7.61. The van der Waals surface area contributed by atoms with Crippen molar-refractivity contribution in [2.24, 2.45) is 0 Å². The highest BCUT2D eigenvalue weighted by Crippen LogP contribution is 2.33. The number of carbonyl (C=O) groups excluding carboxylic acids is 1. The Bertz CT molecular complexity index is 715. The molecule has 0 spiro atoms. The lowest BCUT2D eigenvalue weighted by atomic mass is 10.3. The molecule has 1 amide bonds. The predicted octanol–water partition coefficient (Wildman–Crippen LogP) is 2.32. The van der Waals surface area contributed by atoms with E-state index in [1.54, 1.807) is 24.3 Å². The van der Waals surface area contributed by atoms with Crippen LogP contribution in [0.1, 0.15) is 13.3 Å². The molecule has 0 aliphatic carbocycles. The lowest BCUT2D eigenvalue weighted by molar-refractivity contribution is -0.116. The van der Waals surface area contributed by atoms with E-state index >= 15 is 0 Å². The summed E-state index contributed by atoms with van der Waals surface area (Å²) < 4.78 is 6.78. The normalized spacial score (nSPS) is 10.3. The number of amides is 1. The number of nitrogens with one attached hydrogen (secondary N) is 1. The van der Waals surface area contributed by atoms with Gasteiger partial charge in [-0.1, -0.05) is 24.6 Å². The SMILES string of the molecule is CCCOc1c(Cl)cccc1NC(=O)Cn1cccnc1=O. The number of para-hydroxylation sites is 1. The molecular weight excluding hydrogens is 306 g/mol. The Balaban J connectivity index is 2.13. The molecular formula is C15H16ClN3O3. The third kappa shape index (κ3) is 4.08. The van der Waals surface area contributed by atoms with Gasteiger partial charge in [0.2, 0.25) is 5.91 Å². The molecule has 0 aliphatic rings. The summed E-state index contributed by atoms with van der Waals surface area (Å²) in [6, 6.07) is 6.69. The summed E-state index contributed by atoms with van der Waals surface area (Å²) in [5.74, 6) is 0.0663. The molecule has 1 N–H and O–H groups in total. The van der Waals surface area contributed by atoms with E-state index in [2.05, 4.69) is 10.3 Å². The van der Waals surface area contributed by atoms with E-state index in [0.29, 0.717) is 23.1 Å². The maximum atomic E-state index is 12.1. The molecule has 7 heteroatoms. The fourth-order valence-electron chi connectivity index (χ4n) is 1.81. The summed E-state index contributed by atoms with van der Waals surface area (Å²) in [4.78, 5) is 27.2. The van der Waals surface area contributed by atoms with Gasteiger partial charge in [-0.3, -0.25) is 9.36 Å². The van der Waals surface area contributed by atoms with Crippen molar-refractivity contribution in [3.8, 4) is 5.75 Å². The molecule has 0 saturated carbocycles. The first-order chi connectivity index (χ1) is 10.6. The smallest absolute Gasteiger partial charge is 0.347 e. The monoisotopic (exact) mass is 321 g/mol. The van der Waals surface area contributed by atoms with Crippen LogP contribution in [0.5, 0.6) is 5.75 Å². The van der Waals surface area contributed by atoms with Crippen LogP contribution in [0.25, 0.3) is 0 Å². The fraction of sp³-hybridized carbons (Fsp3) is 0.267. The van der Waals surface area contributed by atoms with Gasteiger partial charge in [-0.25, -0.2) is 9.78 Å². The topological polar surface area (TPSA) is 73.2 Å². The average molecular weight is 322 g/mol. The van der Waals surface area contributed by atoms with E-state index in [1.807, 2.05) is 6.92 Å². The van der Waals surface area contributed by atoms with Gasteiger partial charge in [-0.2, -0.15) is 0 Å². The Morgan fingerprint density at radius 1 is 1.41 bits per heavy atom. The number of halogens is 1. The number of anilines is 1. The first-order valence-corrected chi connectivity index (χ1v) is 7.22. The predicted molar refractivity (Wildman–Crippen MR) is 84.4 cm³/mol. The number of carbonyl (C=O) groups is 1. The van der Waals surface area contributed by atoms with Gasteiger partial charge in [0, 0.05) is 12.4 Å². The minimum Gasteiger partial charge on any atom is -0.490 e. The fourth-order valence-corrected chi connectivity index (χ4v) is 2.04. The van der Waals surface area contributed by atoms with E-state index in [-0.39, 0.29) is 12.5 Å². The summed E-state index contributed by atoms with van der Waals surface area (Å²) >= 11 is 6.09. The molecule has 116 valence electrons. The van der Waals surface area contributed by atoms with Crippen LogP contribution in [-0.4, -0.2) is 22.1 Å². The van der Waals surface area contributed by atoms with Gasteiger partial charge in [0.15, 0.2) is 5.75 Å². The van der Waals surface area contributed by atoms with Gasteiger partial charge >= 0.3 is 5.69 Å². The maximum absolute atomic E-state index is 12.1. The largest absolute Gasteiger partial charge is 0.490 e. The van der Waals surface area contributed by atoms with E-state index in [0.717, 1.165) is 6.42 Å². The van der Waals surface area contributed by atoms with E-state index in [1.165, 1.54) is 17.0 Å². The Morgan fingerprint density at radius 2 is 2.23 bits per heavy atom. The standard InChI is InChI=1S/C15H16ClN3O3/c1-2-9-22-14-11(16)5-3-6-12(14)18-13(20)10-19-8-4-7-17-15(19)21/h3-8H,2,9-10H2,1H3,(H,18,20). The molecule has 0 atom stereocenters. The summed E-state index contributed by atoms with van der Waals surface area (Å²) in [6.07, 6.45) is 3.70. The van der Waals surface area contributed by atoms with Gasteiger partial charge in [0.1, 0.15) is 6.54 Å². The van der Waals surface area contributed by atoms with Crippen molar-refractivity contribution < 1.29 is 9.53 Å². The molecule has 1 heterocycles. The number of benzene rings is 1. The molecule has 2 rings (SSSR count). The molecule has 2 aromatic rings. The van der Waals surface area contributed by atoms with Crippen LogP contribution in [0.3, 0.4) is 0 Å². The van der Waals surface area contributed by atoms with Crippen LogP contribution < -0.4 is 15.7 Å². The number of hydrogen-bond acceptors (Lipinski definition) is 4. The maximum Gasteiger partial charge on any atom is 0.347 e. The van der Waals surface area contributed by atoms with Crippen LogP contribution in [-0.2, 0) is 11.3 Å². The lowest BCUT2D eigenvalue weighted by Gasteiger charge is -2.13. The molecule has 6 nitrogen and oxygen atoms in total. The number of ether oxygens (including phenoxy) is 1. The Hall–Kier alpha value is -2.34.